The van der Waals surface area contributed by atoms with Gasteiger partial charge in [0.05, 0.1) is 18.9 Å². The van der Waals surface area contributed by atoms with Crippen LogP contribution in [0.5, 0.6) is 0 Å². The van der Waals surface area contributed by atoms with Crippen LogP contribution in [0.3, 0.4) is 0 Å². The third kappa shape index (κ3) is 4.44. The van der Waals surface area contributed by atoms with Gasteiger partial charge in [0.2, 0.25) is 5.91 Å². The molecule has 0 unspecified atom stereocenters. The number of benzene rings is 1. The molecule has 1 N–H and O–H groups in total. The molecule has 6 nitrogen and oxygen atoms in total. The van der Waals surface area contributed by atoms with Crippen molar-refractivity contribution in [3.63, 3.8) is 0 Å². The lowest BCUT2D eigenvalue weighted by molar-refractivity contribution is -0.121. The van der Waals surface area contributed by atoms with Gasteiger partial charge in [-0.15, -0.1) is 0 Å². The Bertz CT molecular complexity index is 647. The predicted octanol–water partition coefficient (Wildman–Crippen LogP) is 1.46. The minimum atomic E-state index is -0.360. The summed E-state index contributed by atoms with van der Waals surface area (Å²) < 4.78 is 6.34. The van der Waals surface area contributed by atoms with E-state index in [0.717, 1.165) is 11.1 Å². The van der Waals surface area contributed by atoms with E-state index in [1.807, 2.05) is 25.4 Å². The van der Waals surface area contributed by atoms with Crippen LogP contribution >= 0.6 is 0 Å². The first-order valence-electron chi connectivity index (χ1n) is 7.00. The van der Waals surface area contributed by atoms with Crippen LogP contribution in [-0.2, 0) is 29.5 Å². The number of carbonyl (C=O) groups excluding carboxylic acids is 2. The van der Waals surface area contributed by atoms with E-state index in [2.05, 4.69) is 15.2 Å². The Hall–Kier alpha value is -2.63. The molecule has 2 rings (SSSR count). The Morgan fingerprint density at radius 2 is 1.95 bits per heavy atom. The van der Waals surface area contributed by atoms with Crippen LogP contribution in [0.4, 0.5) is 0 Å². The summed E-state index contributed by atoms with van der Waals surface area (Å²) >= 11 is 0. The van der Waals surface area contributed by atoms with Crippen molar-refractivity contribution >= 4 is 11.9 Å². The lowest BCUT2D eigenvalue weighted by Crippen LogP contribution is -2.22. The first-order valence-corrected chi connectivity index (χ1v) is 7.00. The number of carbonyl (C=O) groups is 2. The molecule has 2 aromatic rings. The second kappa shape index (κ2) is 7.40. The molecule has 0 saturated carbocycles. The van der Waals surface area contributed by atoms with E-state index >= 15 is 0 Å². The van der Waals surface area contributed by atoms with Gasteiger partial charge in [-0.3, -0.25) is 9.48 Å². The number of nitrogens with zero attached hydrogens (tertiary/aromatic N) is 2. The van der Waals surface area contributed by atoms with E-state index in [1.54, 1.807) is 23.0 Å². The third-order valence-electron chi connectivity index (χ3n) is 3.26. The zero-order chi connectivity index (χ0) is 15.9. The Morgan fingerprint density at radius 3 is 2.55 bits per heavy atom. The van der Waals surface area contributed by atoms with E-state index in [0.29, 0.717) is 24.9 Å². The van der Waals surface area contributed by atoms with E-state index in [9.17, 15) is 9.59 Å². The van der Waals surface area contributed by atoms with Gasteiger partial charge in [-0.2, -0.15) is 5.10 Å². The second-order valence-corrected chi connectivity index (χ2v) is 4.99. The van der Waals surface area contributed by atoms with Crippen molar-refractivity contribution in [2.75, 3.05) is 7.11 Å². The number of hydrogen-bond donors (Lipinski definition) is 1. The number of hydrogen-bond acceptors (Lipinski definition) is 4. The van der Waals surface area contributed by atoms with Crippen molar-refractivity contribution in [1.29, 1.82) is 0 Å². The number of aryl methyl sites for hydroxylation is 2. The maximum Gasteiger partial charge on any atom is 0.337 e. The zero-order valence-electron chi connectivity index (χ0n) is 12.7. The van der Waals surface area contributed by atoms with Crippen molar-refractivity contribution < 1.29 is 14.3 Å². The maximum atomic E-state index is 11.8. The molecule has 0 bridgehead atoms. The molecule has 1 amide bonds. The molecule has 0 saturated heterocycles. The van der Waals surface area contributed by atoms with Crippen molar-refractivity contribution in [2.45, 2.75) is 19.4 Å². The molecule has 0 radical (unpaired) electrons. The summed E-state index contributed by atoms with van der Waals surface area (Å²) in [5.74, 6) is -0.373. The Morgan fingerprint density at radius 1 is 1.23 bits per heavy atom. The minimum absolute atomic E-state index is 0.0131. The Kier molecular flexibility index (Phi) is 5.30. The predicted molar refractivity (Wildman–Crippen MR) is 81.2 cm³/mol. The minimum Gasteiger partial charge on any atom is -0.465 e. The molecule has 116 valence electrons. The summed E-state index contributed by atoms with van der Waals surface area (Å²) in [4.78, 5) is 23.1. The van der Waals surface area contributed by atoms with Gasteiger partial charge in [-0.05, 0) is 24.1 Å². The largest absolute Gasteiger partial charge is 0.465 e. The SMILES string of the molecule is COC(=O)c1ccc(CCC(=O)NCc2cnn(C)c2)cc1. The maximum absolute atomic E-state index is 11.8. The normalized spacial score (nSPS) is 10.3. The highest BCUT2D eigenvalue weighted by Gasteiger charge is 2.06. The number of nitrogens with one attached hydrogen (secondary N) is 1. The van der Waals surface area contributed by atoms with Gasteiger partial charge in [0.15, 0.2) is 0 Å². The molecule has 0 spiro atoms. The zero-order valence-corrected chi connectivity index (χ0v) is 12.7. The standard InChI is InChI=1S/C16H19N3O3/c1-19-11-13(10-18-19)9-17-15(20)8-5-12-3-6-14(7-4-12)16(21)22-2/h3-4,6-7,10-11H,5,8-9H2,1-2H3,(H,17,20). The average molecular weight is 301 g/mol. The van der Waals surface area contributed by atoms with E-state index in [4.69, 9.17) is 0 Å². The molecule has 6 heteroatoms. The molecule has 0 aliphatic carbocycles. The molecule has 0 fully saturated rings. The third-order valence-corrected chi connectivity index (χ3v) is 3.26. The number of esters is 1. The fourth-order valence-corrected chi connectivity index (χ4v) is 2.04. The molecule has 1 heterocycles. The number of amides is 1. The molecule has 0 aliphatic heterocycles. The van der Waals surface area contributed by atoms with Crippen LogP contribution in [0, 0.1) is 0 Å². The summed E-state index contributed by atoms with van der Waals surface area (Å²) in [6.07, 6.45) is 4.62. The van der Waals surface area contributed by atoms with E-state index < -0.39 is 0 Å². The summed E-state index contributed by atoms with van der Waals surface area (Å²) in [6.45, 7) is 0.480. The Balaban J connectivity index is 1.77. The molecule has 22 heavy (non-hydrogen) atoms. The highest BCUT2D eigenvalue weighted by Crippen LogP contribution is 2.08. The molecular formula is C16H19N3O3. The van der Waals surface area contributed by atoms with Crippen molar-refractivity contribution in [2.24, 2.45) is 7.05 Å². The number of ether oxygens (including phenoxy) is 1. The van der Waals surface area contributed by atoms with Gasteiger partial charge >= 0.3 is 5.97 Å². The monoisotopic (exact) mass is 301 g/mol. The Labute approximate surface area is 129 Å². The molecule has 1 aromatic carbocycles. The summed E-state index contributed by atoms with van der Waals surface area (Å²) in [6, 6.07) is 7.07. The smallest absolute Gasteiger partial charge is 0.337 e. The van der Waals surface area contributed by atoms with Gasteiger partial charge < -0.3 is 10.1 Å². The van der Waals surface area contributed by atoms with Crippen LogP contribution in [0.15, 0.2) is 36.7 Å². The highest BCUT2D eigenvalue weighted by atomic mass is 16.5. The van der Waals surface area contributed by atoms with Crippen molar-refractivity contribution in [3.05, 3.63) is 53.3 Å². The first kappa shape index (κ1) is 15.8. The van der Waals surface area contributed by atoms with Gasteiger partial charge in [-0.1, -0.05) is 12.1 Å². The fourth-order valence-electron chi connectivity index (χ4n) is 2.04. The van der Waals surface area contributed by atoms with Crippen LogP contribution in [-0.4, -0.2) is 28.8 Å². The van der Waals surface area contributed by atoms with Gasteiger partial charge in [0.25, 0.3) is 0 Å². The van der Waals surface area contributed by atoms with Gasteiger partial charge in [0.1, 0.15) is 0 Å². The van der Waals surface area contributed by atoms with E-state index in [1.165, 1.54) is 7.11 Å². The number of rotatable bonds is 6. The van der Waals surface area contributed by atoms with Crippen LogP contribution in [0.1, 0.15) is 27.9 Å². The van der Waals surface area contributed by atoms with Crippen LogP contribution in [0.2, 0.25) is 0 Å². The topological polar surface area (TPSA) is 73.2 Å². The number of aromatic nitrogens is 2. The van der Waals surface area contributed by atoms with Gasteiger partial charge in [-0.25, -0.2) is 4.79 Å². The summed E-state index contributed by atoms with van der Waals surface area (Å²) in [7, 11) is 3.19. The fraction of sp³-hybridized carbons (Fsp3) is 0.312. The second-order valence-electron chi connectivity index (χ2n) is 4.99. The summed E-state index contributed by atoms with van der Waals surface area (Å²) in [5, 5.41) is 6.90. The molecule has 1 aromatic heterocycles. The highest BCUT2D eigenvalue weighted by molar-refractivity contribution is 5.89. The van der Waals surface area contributed by atoms with E-state index in [-0.39, 0.29) is 11.9 Å². The van der Waals surface area contributed by atoms with Crippen LogP contribution in [0.25, 0.3) is 0 Å². The molecular weight excluding hydrogens is 282 g/mol. The van der Waals surface area contributed by atoms with Crippen LogP contribution < -0.4 is 5.32 Å². The molecule has 0 atom stereocenters. The average Bonchev–Trinajstić information content (AvgIpc) is 2.96. The summed E-state index contributed by atoms with van der Waals surface area (Å²) in [5.41, 5.74) is 2.48. The van der Waals surface area contributed by atoms with Crippen molar-refractivity contribution in [1.82, 2.24) is 15.1 Å². The van der Waals surface area contributed by atoms with Crippen molar-refractivity contribution in [3.8, 4) is 0 Å². The van der Waals surface area contributed by atoms with Gasteiger partial charge in [0, 0.05) is 31.8 Å². The lowest BCUT2D eigenvalue weighted by Gasteiger charge is -2.05. The first-order chi connectivity index (χ1) is 10.6. The molecule has 0 aliphatic rings. The lowest BCUT2D eigenvalue weighted by atomic mass is 10.1. The number of methoxy groups -OCH3 is 1. The quantitative estimate of drug-likeness (QED) is 0.820.